The molecule has 29 heavy (non-hydrogen) atoms. The molecule has 0 amide bonds. The van der Waals surface area contributed by atoms with Crippen LogP contribution in [0.25, 0.3) is 0 Å². The maximum Gasteiger partial charge on any atom is 0.170 e. The number of carbonyl (C=O) groups excluding carboxylic acids is 2. The van der Waals surface area contributed by atoms with Crippen molar-refractivity contribution in [2.75, 3.05) is 0 Å². The number of hydrogen-bond acceptors (Lipinski definition) is 4. The molecule has 0 aliphatic rings. The molecular formula is C25H24O4. The molecule has 4 nitrogen and oxygen atoms in total. The SMILES string of the molecule is C[C@H](C(=O)c1ccccc1O)C(c1ccccc1)[C@H](C)C(=O)c1ccccc1O. The Bertz CT molecular complexity index is 947. The van der Waals surface area contributed by atoms with E-state index in [9.17, 15) is 19.8 Å². The van der Waals surface area contributed by atoms with Crippen LogP contribution in [-0.4, -0.2) is 21.8 Å². The summed E-state index contributed by atoms with van der Waals surface area (Å²) in [5.74, 6) is -2.14. The van der Waals surface area contributed by atoms with Crippen LogP contribution in [-0.2, 0) is 0 Å². The number of benzene rings is 3. The van der Waals surface area contributed by atoms with Gasteiger partial charge in [0.05, 0.1) is 11.1 Å². The molecule has 0 aliphatic heterocycles. The molecule has 0 heterocycles. The molecule has 0 radical (unpaired) electrons. The maximum absolute atomic E-state index is 13.2. The zero-order valence-electron chi connectivity index (χ0n) is 16.4. The fourth-order valence-corrected chi connectivity index (χ4v) is 3.87. The van der Waals surface area contributed by atoms with Crippen LogP contribution in [0.5, 0.6) is 11.5 Å². The molecule has 3 aromatic carbocycles. The van der Waals surface area contributed by atoms with E-state index in [0.717, 1.165) is 5.56 Å². The number of ketones is 2. The Kier molecular flexibility index (Phi) is 6.13. The predicted molar refractivity (Wildman–Crippen MR) is 112 cm³/mol. The third kappa shape index (κ3) is 4.21. The summed E-state index contributed by atoms with van der Waals surface area (Å²) in [4.78, 5) is 26.4. The van der Waals surface area contributed by atoms with Gasteiger partial charge in [0.15, 0.2) is 11.6 Å². The van der Waals surface area contributed by atoms with Crippen LogP contribution in [0.3, 0.4) is 0 Å². The Balaban J connectivity index is 2.01. The van der Waals surface area contributed by atoms with Crippen molar-refractivity contribution in [3.05, 3.63) is 95.6 Å². The second-order valence-electron chi connectivity index (χ2n) is 7.28. The molecule has 0 aromatic heterocycles. The van der Waals surface area contributed by atoms with Gasteiger partial charge in [0.2, 0.25) is 0 Å². The molecule has 4 heteroatoms. The quantitative estimate of drug-likeness (QED) is 0.544. The van der Waals surface area contributed by atoms with Gasteiger partial charge in [0.25, 0.3) is 0 Å². The number of phenolic OH excluding ortho intramolecular Hbond substituents is 2. The minimum Gasteiger partial charge on any atom is -0.507 e. The topological polar surface area (TPSA) is 74.6 Å². The summed E-state index contributed by atoms with van der Waals surface area (Å²) in [6, 6.07) is 22.3. The first-order chi connectivity index (χ1) is 13.9. The van der Waals surface area contributed by atoms with Gasteiger partial charge in [-0.2, -0.15) is 0 Å². The lowest BCUT2D eigenvalue weighted by Gasteiger charge is -2.29. The minimum absolute atomic E-state index is 0.0733. The van der Waals surface area contributed by atoms with Crippen molar-refractivity contribution in [2.45, 2.75) is 19.8 Å². The van der Waals surface area contributed by atoms with Gasteiger partial charge in [-0.15, -0.1) is 0 Å². The van der Waals surface area contributed by atoms with Crippen molar-refractivity contribution in [3.8, 4) is 11.5 Å². The van der Waals surface area contributed by atoms with E-state index in [2.05, 4.69) is 0 Å². The van der Waals surface area contributed by atoms with E-state index in [0.29, 0.717) is 0 Å². The molecule has 0 unspecified atom stereocenters. The molecule has 0 fully saturated rings. The molecular weight excluding hydrogens is 364 g/mol. The van der Waals surface area contributed by atoms with Crippen LogP contribution in [0.2, 0.25) is 0 Å². The van der Waals surface area contributed by atoms with Gasteiger partial charge in [-0.1, -0.05) is 68.4 Å². The van der Waals surface area contributed by atoms with E-state index in [1.54, 1.807) is 50.2 Å². The maximum atomic E-state index is 13.2. The van der Waals surface area contributed by atoms with E-state index < -0.39 is 17.8 Å². The summed E-state index contributed by atoms with van der Waals surface area (Å²) in [6.07, 6.45) is 0. The van der Waals surface area contributed by atoms with Crippen LogP contribution in [0.15, 0.2) is 78.9 Å². The van der Waals surface area contributed by atoms with E-state index in [-0.39, 0.29) is 34.2 Å². The van der Waals surface area contributed by atoms with Gasteiger partial charge in [0, 0.05) is 17.8 Å². The van der Waals surface area contributed by atoms with Crippen LogP contribution in [0.1, 0.15) is 46.0 Å². The van der Waals surface area contributed by atoms with E-state index >= 15 is 0 Å². The lowest BCUT2D eigenvalue weighted by atomic mass is 9.73. The van der Waals surface area contributed by atoms with Crippen LogP contribution < -0.4 is 0 Å². The minimum atomic E-state index is -0.560. The second-order valence-corrected chi connectivity index (χ2v) is 7.28. The Morgan fingerprint density at radius 2 is 1.00 bits per heavy atom. The molecule has 0 spiro atoms. The first-order valence-corrected chi connectivity index (χ1v) is 9.61. The van der Waals surface area contributed by atoms with Gasteiger partial charge in [0.1, 0.15) is 11.5 Å². The van der Waals surface area contributed by atoms with Crippen LogP contribution in [0, 0.1) is 11.8 Å². The Hall–Kier alpha value is -3.40. The van der Waals surface area contributed by atoms with Crippen molar-refractivity contribution in [1.82, 2.24) is 0 Å². The summed E-state index contributed by atoms with van der Waals surface area (Å²) in [5.41, 5.74) is 1.34. The first kappa shape index (κ1) is 20.3. The number of aromatic hydroxyl groups is 2. The molecule has 3 rings (SSSR count). The van der Waals surface area contributed by atoms with Crippen LogP contribution in [0.4, 0.5) is 0 Å². The van der Waals surface area contributed by atoms with Gasteiger partial charge < -0.3 is 10.2 Å². The zero-order chi connectivity index (χ0) is 21.0. The van der Waals surface area contributed by atoms with Gasteiger partial charge >= 0.3 is 0 Å². The monoisotopic (exact) mass is 388 g/mol. The van der Waals surface area contributed by atoms with Crippen molar-refractivity contribution in [1.29, 1.82) is 0 Å². The molecule has 0 aliphatic carbocycles. The highest BCUT2D eigenvalue weighted by Gasteiger charge is 2.35. The number of Topliss-reactive ketones (excluding diaryl/α,β-unsaturated/α-hetero) is 2. The van der Waals surface area contributed by atoms with Gasteiger partial charge in [-0.25, -0.2) is 0 Å². The van der Waals surface area contributed by atoms with Crippen molar-refractivity contribution < 1.29 is 19.8 Å². The number of hydrogen-bond donors (Lipinski definition) is 2. The van der Waals surface area contributed by atoms with Crippen molar-refractivity contribution in [2.24, 2.45) is 11.8 Å². The number of phenols is 2. The summed E-state index contributed by atoms with van der Waals surface area (Å²) in [7, 11) is 0. The second kappa shape index (κ2) is 8.74. The summed E-state index contributed by atoms with van der Waals surface area (Å²) >= 11 is 0. The molecule has 2 atom stereocenters. The lowest BCUT2D eigenvalue weighted by molar-refractivity contribution is 0.0834. The smallest absolute Gasteiger partial charge is 0.170 e. The average Bonchev–Trinajstić information content (AvgIpc) is 2.74. The summed E-state index contributed by atoms with van der Waals surface area (Å²) < 4.78 is 0. The fourth-order valence-electron chi connectivity index (χ4n) is 3.87. The molecule has 0 saturated carbocycles. The highest BCUT2D eigenvalue weighted by atomic mass is 16.3. The number of rotatable bonds is 7. The molecule has 2 N–H and O–H groups in total. The Morgan fingerprint density at radius 1 is 0.621 bits per heavy atom. The molecule has 0 bridgehead atoms. The predicted octanol–water partition coefficient (Wildman–Crippen LogP) is 5.22. The van der Waals surface area contributed by atoms with Crippen molar-refractivity contribution in [3.63, 3.8) is 0 Å². The normalized spacial score (nSPS) is 13.1. The van der Waals surface area contributed by atoms with Crippen molar-refractivity contribution >= 4 is 11.6 Å². The van der Waals surface area contributed by atoms with Gasteiger partial charge in [-0.3, -0.25) is 9.59 Å². The van der Waals surface area contributed by atoms with E-state index in [1.165, 1.54) is 12.1 Å². The van der Waals surface area contributed by atoms with Gasteiger partial charge in [-0.05, 0) is 29.8 Å². The fraction of sp³-hybridized carbons (Fsp3) is 0.200. The third-order valence-corrected chi connectivity index (χ3v) is 5.43. The standard InChI is InChI=1S/C25H24O4/c1-16(24(28)19-12-6-8-14-21(19)26)23(18-10-4-3-5-11-18)17(2)25(29)20-13-7-9-15-22(20)27/h3-17,23,26-27H,1-2H3/t16-,17-/m0/s1. The first-order valence-electron chi connectivity index (χ1n) is 9.61. The molecule has 0 saturated heterocycles. The number of para-hydroxylation sites is 2. The largest absolute Gasteiger partial charge is 0.507 e. The average molecular weight is 388 g/mol. The lowest BCUT2D eigenvalue weighted by Crippen LogP contribution is -2.29. The molecule has 148 valence electrons. The Labute approximate surface area is 170 Å². The Morgan fingerprint density at radius 3 is 1.41 bits per heavy atom. The van der Waals surface area contributed by atoms with E-state index in [4.69, 9.17) is 0 Å². The summed E-state index contributed by atoms with van der Waals surface area (Å²) in [6.45, 7) is 3.56. The highest BCUT2D eigenvalue weighted by Crippen LogP contribution is 2.38. The zero-order valence-corrected chi connectivity index (χ0v) is 16.4. The van der Waals surface area contributed by atoms with E-state index in [1.807, 2.05) is 30.3 Å². The summed E-state index contributed by atoms with van der Waals surface area (Å²) in [5, 5.41) is 20.2. The molecule has 3 aromatic rings. The van der Waals surface area contributed by atoms with Crippen LogP contribution >= 0.6 is 0 Å². The third-order valence-electron chi connectivity index (χ3n) is 5.43. The number of carbonyl (C=O) groups is 2. The highest BCUT2D eigenvalue weighted by molar-refractivity contribution is 6.03.